The first-order valence-electron chi connectivity index (χ1n) is 13.6. The molecule has 9 nitrogen and oxygen atoms in total. The molecule has 4 aliphatic rings. The average Bonchev–Trinajstić information content (AvgIpc) is 3.19. The SMILES string of the molecule is C=CC(=O)N1CCN2C(=O)c3c(OCC4N(C)CCC45CCC5)nc(-c4c(O)cccc4F)c(Cl)c3OC[C@H]2C1. The number of likely N-dealkylation sites (tertiary alicyclic amines) is 1. The Kier molecular flexibility index (Phi) is 6.86. The van der Waals surface area contributed by atoms with Crippen molar-refractivity contribution in [1.82, 2.24) is 19.7 Å². The zero-order chi connectivity index (χ0) is 28.2. The van der Waals surface area contributed by atoms with Crippen LogP contribution in [-0.4, -0.2) is 95.1 Å². The van der Waals surface area contributed by atoms with Gasteiger partial charge in [0.25, 0.3) is 5.91 Å². The number of aromatic nitrogens is 1. The van der Waals surface area contributed by atoms with Crippen molar-refractivity contribution in [2.24, 2.45) is 5.41 Å². The number of carbonyl (C=O) groups excluding carboxylic acids is 2. The number of halogens is 2. The highest BCUT2D eigenvalue weighted by atomic mass is 35.5. The molecule has 1 aromatic carbocycles. The van der Waals surface area contributed by atoms with Gasteiger partial charge in [0.2, 0.25) is 11.8 Å². The summed E-state index contributed by atoms with van der Waals surface area (Å²) in [7, 11) is 2.07. The molecular formula is C29H32ClFN4O5. The molecule has 3 fully saturated rings. The Morgan fingerprint density at radius 2 is 2.10 bits per heavy atom. The normalized spacial score (nSPS) is 23.6. The fraction of sp³-hybridized carbons (Fsp3) is 0.483. The molecule has 1 aromatic heterocycles. The van der Waals surface area contributed by atoms with Gasteiger partial charge in [0, 0.05) is 25.7 Å². The minimum atomic E-state index is -0.722. The van der Waals surface area contributed by atoms with Gasteiger partial charge in [-0.15, -0.1) is 0 Å². The van der Waals surface area contributed by atoms with Crippen LogP contribution in [0.4, 0.5) is 4.39 Å². The number of pyridine rings is 1. The van der Waals surface area contributed by atoms with Gasteiger partial charge in [0.05, 0.1) is 11.6 Å². The third-order valence-electron chi connectivity index (χ3n) is 9.08. The summed E-state index contributed by atoms with van der Waals surface area (Å²) >= 11 is 6.76. The summed E-state index contributed by atoms with van der Waals surface area (Å²) in [6, 6.07) is 3.62. The van der Waals surface area contributed by atoms with Crippen molar-refractivity contribution >= 4 is 23.4 Å². The van der Waals surface area contributed by atoms with Gasteiger partial charge in [-0.25, -0.2) is 9.37 Å². The lowest BCUT2D eigenvalue weighted by Crippen LogP contribution is -2.57. The lowest BCUT2D eigenvalue weighted by Gasteiger charge is -2.44. The molecule has 40 heavy (non-hydrogen) atoms. The number of phenols is 1. The second-order valence-corrected chi connectivity index (χ2v) is 11.5. The van der Waals surface area contributed by atoms with E-state index in [1.807, 2.05) is 0 Å². The Labute approximate surface area is 237 Å². The van der Waals surface area contributed by atoms with Gasteiger partial charge in [0.15, 0.2) is 5.75 Å². The van der Waals surface area contributed by atoms with Crippen LogP contribution in [0.25, 0.3) is 11.3 Å². The van der Waals surface area contributed by atoms with E-state index in [9.17, 15) is 14.7 Å². The number of aromatic hydroxyl groups is 1. The summed E-state index contributed by atoms with van der Waals surface area (Å²) in [5.41, 5.74) is -0.0155. The second-order valence-electron chi connectivity index (χ2n) is 11.1. The first-order valence-corrected chi connectivity index (χ1v) is 14.0. The molecule has 0 bridgehead atoms. The van der Waals surface area contributed by atoms with Crippen molar-refractivity contribution in [3.8, 4) is 28.6 Å². The molecule has 11 heteroatoms. The van der Waals surface area contributed by atoms with Crippen LogP contribution in [0.2, 0.25) is 5.02 Å². The van der Waals surface area contributed by atoms with Gasteiger partial charge in [0.1, 0.15) is 41.1 Å². The predicted octanol–water partition coefficient (Wildman–Crippen LogP) is 3.73. The third kappa shape index (κ3) is 4.28. The van der Waals surface area contributed by atoms with Crippen LogP contribution in [0, 0.1) is 11.2 Å². The molecule has 2 amide bonds. The Morgan fingerprint density at radius 1 is 1.30 bits per heavy atom. The Hall–Kier alpha value is -3.37. The number of phenolic OH excluding ortho intramolecular Hbond substituents is 1. The largest absolute Gasteiger partial charge is 0.507 e. The maximum Gasteiger partial charge on any atom is 0.263 e. The predicted molar refractivity (Wildman–Crippen MR) is 146 cm³/mol. The van der Waals surface area contributed by atoms with Crippen molar-refractivity contribution in [3.63, 3.8) is 0 Å². The maximum absolute atomic E-state index is 15.0. The van der Waals surface area contributed by atoms with Crippen molar-refractivity contribution in [1.29, 1.82) is 0 Å². The summed E-state index contributed by atoms with van der Waals surface area (Å²) in [5, 5.41) is 10.4. The van der Waals surface area contributed by atoms with Crippen LogP contribution in [0.15, 0.2) is 30.9 Å². The number of rotatable bonds is 5. The monoisotopic (exact) mass is 570 g/mol. The lowest BCUT2D eigenvalue weighted by molar-refractivity contribution is -0.128. The number of fused-ring (bicyclic) bond motifs is 2. The van der Waals surface area contributed by atoms with Gasteiger partial charge >= 0.3 is 0 Å². The minimum absolute atomic E-state index is 0.0120. The van der Waals surface area contributed by atoms with Crippen molar-refractivity contribution in [2.75, 3.05) is 46.4 Å². The zero-order valence-electron chi connectivity index (χ0n) is 22.4. The molecule has 1 unspecified atom stereocenters. The van der Waals surface area contributed by atoms with Crippen LogP contribution in [0.3, 0.4) is 0 Å². The zero-order valence-corrected chi connectivity index (χ0v) is 23.1. The second kappa shape index (κ2) is 10.2. The number of nitrogens with zero attached hydrogens (tertiary/aromatic N) is 4. The number of carbonyl (C=O) groups is 2. The van der Waals surface area contributed by atoms with E-state index in [2.05, 4.69) is 23.5 Å². The summed E-state index contributed by atoms with van der Waals surface area (Å²) < 4.78 is 27.5. The van der Waals surface area contributed by atoms with E-state index in [0.717, 1.165) is 25.8 Å². The van der Waals surface area contributed by atoms with E-state index in [1.54, 1.807) is 9.80 Å². The number of piperazine rings is 1. The van der Waals surface area contributed by atoms with Gasteiger partial charge in [-0.05, 0) is 56.5 Å². The number of hydrogen-bond donors (Lipinski definition) is 1. The summed E-state index contributed by atoms with van der Waals surface area (Å²) in [6.07, 6.45) is 5.78. The molecule has 4 heterocycles. The standard InChI is InChI=1S/C29H32ClFN4O5/c1-3-21(37)34-12-13-35-17(14-34)15-39-26-23(28(35)38)27(40-16-20-29(8-5-9-29)10-11-33(20)2)32-25(24(26)30)22-18(31)6-4-7-19(22)36/h3-4,6-7,17,20,36H,1,5,8-16H2,2H3/t17-,20?/m1/s1. The fourth-order valence-electron chi connectivity index (χ4n) is 6.65. The Balaban J connectivity index is 1.42. The molecular weight excluding hydrogens is 539 g/mol. The van der Waals surface area contributed by atoms with E-state index in [-0.39, 0.29) is 82.2 Å². The van der Waals surface area contributed by atoms with E-state index < -0.39 is 11.9 Å². The number of amides is 2. The van der Waals surface area contributed by atoms with E-state index in [0.29, 0.717) is 13.2 Å². The molecule has 1 saturated carbocycles. The van der Waals surface area contributed by atoms with E-state index in [4.69, 9.17) is 21.1 Å². The summed E-state index contributed by atoms with van der Waals surface area (Å²) in [4.78, 5) is 36.4. The molecule has 6 rings (SSSR count). The smallest absolute Gasteiger partial charge is 0.263 e. The molecule has 1 spiro atoms. The Bertz CT molecular complexity index is 1360. The minimum Gasteiger partial charge on any atom is -0.507 e. The number of likely N-dealkylation sites (N-methyl/N-ethyl adjacent to an activating group) is 1. The average molecular weight is 571 g/mol. The van der Waals surface area contributed by atoms with Gasteiger partial charge in [-0.1, -0.05) is 30.7 Å². The summed E-state index contributed by atoms with van der Waals surface area (Å²) in [6.45, 7) is 5.77. The molecule has 2 atom stereocenters. The molecule has 1 aliphatic carbocycles. The van der Waals surface area contributed by atoms with Crippen molar-refractivity contribution in [2.45, 2.75) is 37.8 Å². The topological polar surface area (TPSA) is 95.4 Å². The highest BCUT2D eigenvalue weighted by Crippen LogP contribution is 2.52. The molecule has 0 radical (unpaired) electrons. The van der Waals surface area contributed by atoms with E-state index >= 15 is 4.39 Å². The van der Waals surface area contributed by atoms with Crippen LogP contribution in [-0.2, 0) is 4.79 Å². The van der Waals surface area contributed by atoms with Gasteiger partial charge < -0.3 is 24.4 Å². The third-order valence-corrected chi connectivity index (χ3v) is 9.43. The molecule has 2 saturated heterocycles. The number of hydrogen-bond acceptors (Lipinski definition) is 7. The Morgan fingerprint density at radius 3 is 2.80 bits per heavy atom. The van der Waals surface area contributed by atoms with Crippen LogP contribution in [0.1, 0.15) is 36.0 Å². The van der Waals surface area contributed by atoms with Crippen molar-refractivity contribution < 1.29 is 28.6 Å². The fourth-order valence-corrected chi connectivity index (χ4v) is 6.93. The van der Waals surface area contributed by atoms with Crippen molar-refractivity contribution in [3.05, 3.63) is 47.3 Å². The number of ether oxygens (including phenoxy) is 2. The lowest BCUT2D eigenvalue weighted by atomic mass is 9.64. The first kappa shape index (κ1) is 26.8. The van der Waals surface area contributed by atoms with Crippen LogP contribution < -0.4 is 9.47 Å². The highest BCUT2D eigenvalue weighted by Gasteiger charge is 2.50. The van der Waals surface area contributed by atoms with E-state index in [1.165, 1.54) is 30.7 Å². The number of benzene rings is 1. The van der Waals surface area contributed by atoms with Crippen LogP contribution >= 0.6 is 11.6 Å². The van der Waals surface area contributed by atoms with Gasteiger partial charge in [-0.3, -0.25) is 14.5 Å². The maximum atomic E-state index is 15.0. The molecule has 1 N–H and O–H groups in total. The molecule has 212 valence electrons. The summed E-state index contributed by atoms with van der Waals surface area (Å²) in [5.74, 6) is -1.65. The quantitative estimate of drug-likeness (QED) is 0.547. The molecule has 3 aliphatic heterocycles. The first-order chi connectivity index (χ1) is 19.2. The van der Waals surface area contributed by atoms with Crippen LogP contribution in [0.5, 0.6) is 17.4 Å². The highest BCUT2D eigenvalue weighted by molar-refractivity contribution is 6.35. The van der Waals surface area contributed by atoms with Gasteiger partial charge in [-0.2, -0.15) is 0 Å². The molecule has 2 aromatic rings.